The molecule has 1 amide bonds. The van der Waals surface area contributed by atoms with E-state index < -0.39 is 21.9 Å². The van der Waals surface area contributed by atoms with Crippen molar-refractivity contribution in [3.8, 4) is 0 Å². The second-order valence-electron chi connectivity index (χ2n) is 4.77. The van der Waals surface area contributed by atoms with Gasteiger partial charge >= 0.3 is 5.97 Å². The zero-order chi connectivity index (χ0) is 17.7. The number of amides is 1. The van der Waals surface area contributed by atoms with E-state index in [4.69, 9.17) is 5.14 Å². The molecular formula is C15H15N3O5S. The lowest BCUT2D eigenvalue weighted by Gasteiger charge is -2.06. The van der Waals surface area contributed by atoms with E-state index >= 15 is 0 Å². The van der Waals surface area contributed by atoms with Crippen LogP contribution in [0.3, 0.4) is 0 Å². The van der Waals surface area contributed by atoms with Crippen LogP contribution in [-0.2, 0) is 21.3 Å². The zero-order valence-electron chi connectivity index (χ0n) is 12.7. The van der Waals surface area contributed by atoms with E-state index in [-0.39, 0.29) is 22.8 Å². The Morgan fingerprint density at radius 3 is 2.33 bits per heavy atom. The molecule has 0 aliphatic heterocycles. The monoisotopic (exact) mass is 349 g/mol. The largest absolute Gasteiger partial charge is 0.464 e. The van der Waals surface area contributed by atoms with Gasteiger partial charge in [0.15, 0.2) is 0 Å². The molecule has 0 radical (unpaired) electrons. The summed E-state index contributed by atoms with van der Waals surface area (Å²) in [7, 11) is -2.53. The third kappa shape index (κ3) is 4.37. The molecule has 1 aromatic heterocycles. The van der Waals surface area contributed by atoms with Crippen molar-refractivity contribution in [3.63, 3.8) is 0 Å². The molecule has 0 saturated heterocycles. The molecule has 0 spiro atoms. The first kappa shape index (κ1) is 17.6. The lowest BCUT2D eigenvalue weighted by atomic mass is 10.2. The van der Waals surface area contributed by atoms with Gasteiger partial charge in [0.2, 0.25) is 10.0 Å². The maximum atomic E-state index is 12.1. The Kier molecular flexibility index (Phi) is 5.27. The highest BCUT2D eigenvalue weighted by molar-refractivity contribution is 7.89. The normalized spacial score (nSPS) is 10.9. The van der Waals surface area contributed by atoms with Crippen LogP contribution < -0.4 is 10.5 Å². The predicted octanol–water partition coefficient (Wildman–Crippen LogP) is 0.446. The van der Waals surface area contributed by atoms with Gasteiger partial charge in [-0.1, -0.05) is 18.2 Å². The molecule has 1 heterocycles. The summed E-state index contributed by atoms with van der Waals surface area (Å²) in [5, 5.41) is 7.63. The Morgan fingerprint density at radius 1 is 1.12 bits per heavy atom. The molecule has 2 rings (SSSR count). The van der Waals surface area contributed by atoms with E-state index in [1.165, 1.54) is 37.4 Å². The van der Waals surface area contributed by atoms with Crippen molar-refractivity contribution < 1.29 is 22.7 Å². The average molecular weight is 349 g/mol. The number of ether oxygens (including phenoxy) is 1. The number of nitrogens with one attached hydrogen (secondary N) is 1. The van der Waals surface area contributed by atoms with Gasteiger partial charge in [-0.05, 0) is 29.8 Å². The summed E-state index contributed by atoms with van der Waals surface area (Å²) < 4.78 is 26.9. The number of rotatable bonds is 5. The highest BCUT2D eigenvalue weighted by Crippen LogP contribution is 2.09. The third-order valence-corrected chi connectivity index (χ3v) is 4.01. The number of nitrogens with zero attached hydrogens (tertiary/aromatic N) is 1. The van der Waals surface area contributed by atoms with Crippen molar-refractivity contribution in [2.24, 2.45) is 5.14 Å². The van der Waals surface area contributed by atoms with Crippen molar-refractivity contribution in [2.75, 3.05) is 7.11 Å². The molecule has 9 heteroatoms. The summed E-state index contributed by atoms with van der Waals surface area (Å²) in [6.45, 7) is 0.161. The number of benzene rings is 1. The van der Waals surface area contributed by atoms with Crippen molar-refractivity contribution >= 4 is 21.9 Å². The average Bonchev–Trinajstić information content (AvgIpc) is 2.58. The fourth-order valence-electron chi connectivity index (χ4n) is 1.85. The summed E-state index contributed by atoms with van der Waals surface area (Å²) >= 11 is 0. The first-order valence-electron chi connectivity index (χ1n) is 6.76. The molecule has 8 nitrogen and oxygen atoms in total. The molecule has 1 aromatic carbocycles. The smallest absolute Gasteiger partial charge is 0.356 e. The highest BCUT2D eigenvalue weighted by Gasteiger charge is 2.12. The molecule has 0 bridgehead atoms. The van der Waals surface area contributed by atoms with Crippen LogP contribution in [0.1, 0.15) is 26.5 Å². The first-order valence-corrected chi connectivity index (χ1v) is 8.31. The Bertz CT molecular complexity index is 863. The summed E-state index contributed by atoms with van der Waals surface area (Å²) in [6.07, 6.45) is 0. The van der Waals surface area contributed by atoms with E-state index in [2.05, 4.69) is 15.0 Å². The minimum Gasteiger partial charge on any atom is -0.464 e. The number of hydrogen-bond donors (Lipinski definition) is 2. The topological polar surface area (TPSA) is 128 Å². The Balaban J connectivity index is 2.04. The Morgan fingerprint density at radius 2 is 1.75 bits per heavy atom. The predicted molar refractivity (Wildman–Crippen MR) is 84.6 cm³/mol. The molecular weight excluding hydrogens is 334 g/mol. The molecule has 0 saturated carbocycles. The molecule has 0 unspecified atom stereocenters. The van der Waals surface area contributed by atoms with Crippen LogP contribution >= 0.6 is 0 Å². The number of methoxy groups -OCH3 is 1. The zero-order valence-corrected chi connectivity index (χ0v) is 13.5. The van der Waals surface area contributed by atoms with Crippen LogP contribution in [0, 0.1) is 0 Å². The molecule has 24 heavy (non-hydrogen) atoms. The molecule has 0 aliphatic carbocycles. The van der Waals surface area contributed by atoms with E-state index in [1.54, 1.807) is 12.1 Å². The van der Waals surface area contributed by atoms with Gasteiger partial charge in [-0.15, -0.1) is 0 Å². The quantitative estimate of drug-likeness (QED) is 0.754. The molecule has 0 aliphatic rings. The van der Waals surface area contributed by atoms with Crippen LogP contribution in [-0.4, -0.2) is 32.4 Å². The van der Waals surface area contributed by atoms with Crippen molar-refractivity contribution in [2.45, 2.75) is 11.4 Å². The minimum atomic E-state index is -3.75. The lowest BCUT2D eigenvalue weighted by molar-refractivity contribution is 0.0594. The fourth-order valence-corrected chi connectivity index (χ4v) is 2.36. The fraction of sp³-hybridized carbons (Fsp3) is 0.133. The van der Waals surface area contributed by atoms with Gasteiger partial charge in [-0.25, -0.2) is 23.3 Å². The van der Waals surface area contributed by atoms with Gasteiger partial charge in [-0.3, -0.25) is 4.79 Å². The molecule has 0 fully saturated rings. The molecule has 3 N–H and O–H groups in total. The van der Waals surface area contributed by atoms with Crippen molar-refractivity contribution in [1.29, 1.82) is 0 Å². The second kappa shape index (κ2) is 7.20. The number of nitrogens with two attached hydrogens (primary N) is 1. The number of hydrogen-bond acceptors (Lipinski definition) is 6. The standard InChI is InChI=1S/C15H15N3O5S/c1-23-15(20)13-4-2-3-12(18-13)14(19)17-9-10-5-7-11(8-6-10)24(16,21)22/h2-8H,9H2,1H3,(H,17,19)(H2,16,21,22). The Hall–Kier alpha value is -2.78. The van der Waals surface area contributed by atoms with E-state index in [9.17, 15) is 18.0 Å². The summed E-state index contributed by atoms with van der Waals surface area (Å²) in [5.74, 6) is -1.11. The lowest BCUT2D eigenvalue weighted by Crippen LogP contribution is -2.24. The van der Waals surface area contributed by atoms with Gasteiger partial charge < -0.3 is 10.1 Å². The molecule has 126 valence electrons. The van der Waals surface area contributed by atoms with E-state index in [0.29, 0.717) is 5.56 Å². The van der Waals surface area contributed by atoms with Crippen LogP contribution in [0.5, 0.6) is 0 Å². The summed E-state index contributed by atoms with van der Waals surface area (Å²) in [4.78, 5) is 27.4. The van der Waals surface area contributed by atoms with Crippen LogP contribution in [0.15, 0.2) is 47.4 Å². The number of carbonyl (C=O) groups is 2. The van der Waals surface area contributed by atoms with E-state index in [1.807, 2.05) is 0 Å². The van der Waals surface area contributed by atoms with Gasteiger partial charge in [0.1, 0.15) is 11.4 Å². The second-order valence-corrected chi connectivity index (χ2v) is 6.33. The number of sulfonamides is 1. The van der Waals surface area contributed by atoms with Gasteiger partial charge in [0, 0.05) is 6.54 Å². The summed E-state index contributed by atoms with van der Waals surface area (Å²) in [6, 6.07) is 10.2. The maximum Gasteiger partial charge on any atom is 0.356 e. The SMILES string of the molecule is COC(=O)c1cccc(C(=O)NCc2ccc(S(N)(=O)=O)cc2)n1. The maximum absolute atomic E-state index is 12.1. The van der Waals surface area contributed by atoms with Crippen LogP contribution in [0.4, 0.5) is 0 Å². The summed E-state index contributed by atoms with van der Waals surface area (Å²) in [5.41, 5.74) is 0.779. The molecule has 2 aromatic rings. The van der Waals surface area contributed by atoms with Gasteiger partial charge in [0.25, 0.3) is 5.91 Å². The van der Waals surface area contributed by atoms with Crippen LogP contribution in [0.25, 0.3) is 0 Å². The van der Waals surface area contributed by atoms with Gasteiger partial charge in [0.05, 0.1) is 12.0 Å². The first-order chi connectivity index (χ1) is 11.3. The number of pyridine rings is 1. The number of aromatic nitrogens is 1. The molecule has 0 atom stereocenters. The number of primary sulfonamides is 1. The number of carbonyl (C=O) groups excluding carboxylic acids is 2. The third-order valence-electron chi connectivity index (χ3n) is 3.08. The van der Waals surface area contributed by atoms with Crippen molar-refractivity contribution in [1.82, 2.24) is 10.3 Å². The van der Waals surface area contributed by atoms with E-state index in [0.717, 1.165) is 0 Å². The Labute approximate surface area is 138 Å². The minimum absolute atomic E-state index is 0.00924. The van der Waals surface area contributed by atoms with Gasteiger partial charge in [-0.2, -0.15) is 0 Å². The van der Waals surface area contributed by atoms with Crippen molar-refractivity contribution in [3.05, 3.63) is 59.4 Å². The number of esters is 1. The highest BCUT2D eigenvalue weighted by atomic mass is 32.2. The van der Waals surface area contributed by atoms with Crippen LogP contribution in [0.2, 0.25) is 0 Å².